The van der Waals surface area contributed by atoms with Gasteiger partial charge in [0.15, 0.2) is 5.79 Å². The highest BCUT2D eigenvalue weighted by Gasteiger charge is 2.35. The average Bonchev–Trinajstić information content (AvgIpc) is 2.80. The minimum Gasteiger partial charge on any atom is -0.376 e. The molecule has 118 valence electrons. The van der Waals surface area contributed by atoms with Crippen LogP contribution in [0.15, 0.2) is 30.3 Å². The Bertz CT molecular complexity index is 416. The van der Waals surface area contributed by atoms with Gasteiger partial charge < -0.3 is 14.2 Å². The summed E-state index contributed by atoms with van der Waals surface area (Å²) in [6.07, 6.45) is 1.30. The Morgan fingerprint density at radius 1 is 1.24 bits per heavy atom. The fourth-order valence-electron chi connectivity index (χ4n) is 2.80. The molecule has 0 aliphatic carbocycles. The van der Waals surface area contributed by atoms with E-state index in [1.54, 1.807) is 0 Å². The predicted molar refractivity (Wildman–Crippen MR) is 83.9 cm³/mol. The normalized spacial score (nSPS) is 23.9. The zero-order chi connectivity index (χ0) is 15.3. The summed E-state index contributed by atoms with van der Waals surface area (Å²) >= 11 is 0. The molecule has 1 aromatic carbocycles. The Kier molecular flexibility index (Phi) is 5.80. The zero-order valence-corrected chi connectivity index (χ0v) is 13.7. The second-order valence-corrected chi connectivity index (χ2v) is 6.69. The molecule has 1 aromatic rings. The SMILES string of the molecule is C[C@@H](COCc1ccccc1)C[C@@H](C)[C@H]1COC(C)(C)O1. The lowest BCUT2D eigenvalue weighted by Crippen LogP contribution is -2.27. The first-order valence-corrected chi connectivity index (χ1v) is 7.90. The van der Waals surface area contributed by atoms with Gasteiger partial charge >= 0.3 is 0 Å². The highest BCUT2D eigenvalue weighted by molar-refractivity contribution is 5.13. The summed E-state index contributed by atoms with van der Waals surface area (Å²) in [4.78, 5) is 0. The lowest BCUT2D eigenvalue weighted by molar-refractivity contribution is -0.144. The molecular weight excluding hydrogens is 264 g/mol. The lowest BCUT2D eigenvalue weighted by atomic mass is 9.93. The van der Waals surface area contributed by atoms with Crippen molar-refractivity contribution < 1.29 is 14.2 Å². The van der Waals surface area contributed by atoms with Crippen LogP contribution in [0.2, 0.25) is 0 Å². The van der Waals surface area contributed by atoms with Gasteiger partial charge in [0, 0.05) is 6.61 Å². The van der Waals surface area contributed by atoms with Crippen LogP contribution in [0.4, 0.5) is 0 Å². The third-order valence-electron chi connectivity index (χ3n) is 3.95. The van der Waals surface area contributed by atoms with Crippen LogP contribution in [0.1, 0.15) is 39.7 Å². The van der Waals surface area contributed by atoms with Gasteiger partial charge in [-0.25, -0.2) is 0 Å². The second-order valence-electron chi connectivity index (χ2n) is 6.69. The first-order chi connectivity index (χ1) is 9.96. The summed E-state index contributed by atoms with van der Waals surface area (Å²) in [5, 5.41) is 0. The van der Waals surface area contributed by atoms with Gasteiger partial charge in [0.05, 0.1) is 19.3 Å². The second kappa shape index (κ2) is 7.39. The third-order valence-corrected chi connectivity index (χ3v) is 3.95. The maximum atomic E-state index is 5.92. The minimum atomic E-state index is -0.425. The molecule has 3 atom stereocenters. The molecular formula is C18H28O3. The van der Waals surface area contributed by atoms with Crippen LogP contribution in [-0.4, -0.2) is 25.1 Å². The van der Waals surface area contributed by atoms with E-state index in [4.69, 9.17) is 14.2 Å². The van der Waals surface area contributed by atoms with Gasteiger partial charge in [-0.2, -0.15) is 0 Å². The molecule has 21 heavy (non-hydrogen) atoms. The van der Waals surface area contributed by atoms with E-state index >= 15 is 0 Å². The lowest BCUT2D eigenvalue weighted by Gasteiger charge is -2.23. The molecule has 0 bridgehead atoms. The molecule has 1 heterocycles. The van der Waals surface area contributed by atoms with Crippen molar-refractivity contribution in [2.24, 2.45) is 11.8 Å². The quantitative estimate of drug-likeness (QED) is 0.760. The van der Waals surface area contributed by atoms with Crippen molar-refractivity contribution in [2.45, 2.75) is 52.6 Å². The zero-order valence-electron chi connectivity index (χ0n) is 13.7. The van der Waals surface area contributed by atoms with E-state index in [0.29, 0.717) is 25.0 Å². The Labute approximate surface area is 128 Å². The number of hydrogen-bond acceptors (Lipinski definition) is 3. The van der Waals surface area contributed by atoms with E-state index in [2.05, 4.69) is 26.0 Å². The average molecular weight is 292 g/mol. The maximum Gasteiger partial charge on any atom is 0.163 e. The van der Waals surface area contributed by atoms with E-state index in [-0.39, 0.29) is 6.10 Å². The number of ether oxygens (including phenoxy) is 3. The Morgan fingerprint density at radius 3 is 2.57 bits per heavy atom. The Balaban J connectivity index is 1.66. The molecule has 0 aromatic heterocycles. The summed E-state index contributed by atoms with van der Waals surface area (Å²) in [7, 11) is 0. The molecule has 0 spiro atoms. The van der Waals surface area contributed by atoms with Gasteiger partial charge in [-0.1, -0.05) is 44.2 Å². The molecule has 0 amide bonds. The fraction of sp³-hybridized carbons (Fsp3) is 0.667. The first-order valence-electron chi connectivity index (χ1n) is 7.90. The monoisotopic (exact) mass is 292 g/mol. The highest BCUT2D eigenvalue weighted by atomic mass is 16.7. The Morgan fingerprint density at radius 2 is 1.95 bits per heavy atom. The standard InChI is InChI=1S/C18H28O3/c1-14(11-19-12-16-8-6-5-7-9-16)10-15(2)17-13-20-18(3,4)21-17/h5-9,14-15,17H,10-13H2,1-4H3/t14-,15-,17-/m1/s1. The summed E-state index contributed by atoms with van der Waals surface area (Å²) < 4.78 is 17.4. The predicted octanol–water partition coefficient (Wildman–Crippen LogP) is 4.02. The van der Waals surface area contributed by atoms with Crippen molar-refractivity contribution in [2.75, 3.05) is 13.2 Å². The van der Waals surface area contributed by atoms with Crippen molar-refractivity contribution >= 4 is 0 Å². The van der Waals surface area contributed by atoms with Gasteiger partial charge in [0.1, 0.15) is 0 Å². The molecule has 0 radical (unpaired) electrons. The summed E-state index contributed by atoms with van der Waals surface area (Å²) in [6, 6.07) is 10.3. The maximum absolute atomic E-state index is 5.92. The van der Waals surface area contributed by atoms with Gasteiger partial charge in [-0.3, -0.25) is 0 Å². The smallest absolute Gasteiger partial charge is 0.163 e. The summed E-state index contributed by atoms with van der Waals surface area (Å²) in [5.41, 5.74) is 1.23. The first kappa shape index (κ1) is 16.5. The number of benzene rings is 1. The van der Waals surface area contributed by atoms with Crippen molar-refractivity contribution in [3.05, 3.63) is 35.9 Å². The molecule has 0 N–H and O–H groups in total. The summed E-state index contributed by atoms with van der Waals surface area (Å²) in [6.45, 7) is 10.6. The van der Waals surface area contributed by atoms with Crippen molar-refractivity contribution in [1.82, 2.24) is 0 Å². The number of rotatable bonds is 7. The van der Waals surface area contributed by atoms with Gasteiger partial charge in [-0.15, -0.1) is 0 Å². The van der Waals surface area contributed by atoms with E-state index in [1.807, 2.05) is 32.0 Å². The van der Waals surface area contributed by atoms with Gasteiger partial charge in [0.25, 0.3) is 0 Å². The van der Waals surface area contributed by atoms with E-state index < -0.39 is 5.79 Å². The van der Waals surface area contributed by atoms with E-state index in [0.717, 1.165) is 13.0 Å². The van der Waals surface area contributed by atoms with E-state index in [1.165, 1.54) is 5.56 Å². The van der Waals surface area contributed by atoms with Gasteiger partial charge in [-0.05, 0) is 37.7 Å². The van der Waals surface area contributed by atoms with Crippen LogP contribution in [0.5, 0.6) is 0 Å². The molecule has 2 rings (SSSR count). The molecule has 3 nitrogen and oxygen atoms in total. The molecule has 0 unspecified atom stereocenters. The largest absolute Gasteiger partial charge is 0.376 e. The van der Waals surface area contributed by atoms with Crippen LogP contribution < -0.4 is 0 Å². The summed E-state index contributed by atoms with van der Waals surface area (Å²) in [5.74, 6) is 0.588. The molecule has 1 fully saturated rings. The Hall–Kier alpha value is -0.900. The van der Waals surface area contributed by atoms with E-state index in [9.17, 15) is 0 Å². The molecule has 1 aliphatic heterocycles. The molecule has 1 saturated heterocycles. The van der Waals surface area contributed by atoms with Crippen molar-refractivity contribution in [3.63, 3.8) is 0 Å². The number of hydrogen-bond donors (Lipinski definition) is 0. The fourth-order valence-corrected chi connectivity index (χ4v) is 2.80. The van der Waals surface area contributed by atoms with Crippen LogP contribution in [0.25, 0.3) is 0 Å². The van der Waals surface area contributed by atoms with Gasteiger partial charge in [0.2, 0.25) is 0 Å². The topological polar surface area (TPSA) is 27.7 Å². The van der Waals surface area contributed by atoms with Crippen LogP contribution in [0, 0.1) is 11.8 Å². The van der Waals surface area contributed by atoms with Crippen LogP contribution in [0.3, 0.4) is 0 Å². The minimum absolute atomic E-state index is 0.205. The third kappa shape index (κ3) is 5.42. The highest BCUT2D eigenvalue weighted by Crippen LogP contribution is 2.29. The van der Waals surface area contributed by atoms with Crippen molar-refractivity contribution in [3.8, 4) is 0 Å². The van der Waals surface area contributed by atoms with Crippen LogP contribution in [-0.2, 0) is 20.8 Å². The molecule has 0 saturated carbocycles. The van der Waals surface area contributed by atoms with Crippen molar-refractivity contribution in [1.29, 1.82) is 0 Å². The van der Waals surface area contributed by atoms with Crippen LogP contribution >= 0.6 is 0 Å². The molecule has 1 aliphatic rings. The molecule has 3 heteroatoms.